The fourth-order valence-electron chi connectivity index (χ4n) is 1.25. The van der Waals surface area contributed by atoms with E-state index in [0.717, 1.165) is 12.2 Å². The van der Waals surface area contributed by atoms with Crippen LogP contribution in [0.5, 0.6) is 5.75 Å². The van der Waals surface area contributed by atoms with Crippen LogP contribution in [0.2, 0.25) is 0 Å². The number of nitrogens with two attached hydrogens (primary N) is 1. The molecule has 0 radical (unpaired) electrons. The molecule has 1 aliphatic carbocycles. The zero-order chi connectivity index (χ0) is 8.60. The Morgan fingerprint density at radius 3 is 2.50 bits per heavy atom. The van der Waals surface area contributed by atoms with Crippen LogP contribution >= 0.6 is 0 Å². The van der Waals surface area contributed by atoms with Crippen LogP contribution in [0.1, 0.15) is 13.3 Å². The summed E-state index contributed by atoms with van der Waals surface area (Å²) < 4.78 is 5.70. The average molecular weight is 163 g/mol. The molecule has 0 amide bonds. The topological polar surface area (TPSA) is 35.2 Å². The minimum absolute atomic E-state index is 0.110. The van der Waals surface area contributed by atoms with E-state index >= 15 is 0 Å². The SMILES string of the molecule is C[C@]1(Oc2ccccc2)C[C@@H]1N. The minimum Gasteiger partial charge on any atom is -0.486 e. The highest BCUT2D eigenvalue weighted by atomic mass is 16.5. The molecule has 2 atom stereocenters. The van der Waals surface area contributed by atoms with Crippen molar-refractivity contribution in [2.75, 3.05) is 0 Å². The quantitative estimate of drug-likeness (QED) is 0.718. The molecule has 2 rings (SSSR count). The van der Waals surface area contributed by atoms with Crippen molar-refractivity contribution in [2.24, 2.45) is 5.73 Å². The summed E-state index contributed by atoms with van der Waals surface area (Å²) in [5.74, 6) is 0.910. The second-order valence-corrected chi connectivity index (χ2v) is 3.54. The first-order valence-electron chi connectivity index (χ1n) is 4.20. The monoisotopic (exact) mass is 163 g/mol. The molecule has 0 aliphatic heterocycles. The molecule has 0 spiro atoms. The summed E-state index contributed by atoms with van der Waals surface area (Å²) in [4.78, 5) is 0. The lowest BCUT2D eigenvalue weighted by atomic mass is 10.3. The lowest BCUT2D eigenvalue weighted by molar-refractivity contribution is 0.193. The van der Waals surface area contributed by atoms with Crippen molar-refractivity contribution >= 4 is 0 Å². The third-order valence-corrected chi connectivity index (χ3v) is 2.34. The molecule has 0 unspecified atom stereocenters. The Labute approximate surface area is 72.3 Å². The number of rotatable bonds is 2. The van der Waals surface area contributed by atoms with Gasteiger partial charge in [0.1, 0.15) is 11.4 Å². The lowest BCUT2D eigenvalue weighted by Crippen LogP contribution is -2.23. The highest BCUT2D eigenvalue weighted by molar-refractivity contribution is 5.24. The van der Waals surface area contributed by atoms with Crippen LogP contribution in [-0.2, 0) is 0 Å². The van der Waals surface area contributed by atoms with Gasteiger partial charge in [0.2, 0.25) is 0 Å². The van der Waals surface area contributed by atoms with Crippen LogP contribution < -0.4 is 10.5 Å². The largest absolute Gasteiger partial charge is 0.486 e. The summed E-state index contributed by atoms with van der Waals surface area (Å²) in [5, 5.41) is 0. The minimum atomic E-state index is -0.110. The van der Waals surface area contributed by atoms with Gasteiger partial charge in [-0.1, -0.05) is 18.2 Å². The molecule has 2 nitrogen and oxygen atoms in total. The molecule has 2 heteroatoms. The van der Waals surface area contributed by atoms with Gasteiger partial charge in [0.15, 0.2) is 0 Å². The molecule has 1 saturated carbocycles. The van der Waals surface area contributed by atoms with Crippen molar-refractivity contribution < 1.29 is 4.74 Å². The Balaban J connectivity index is 2.06. The number of ether oxygens (including phenoxy) is 1. The van der Waals surface area contributed by atoms with Gasteiger partial charge in [0, 0.05) is 12.5 Å². The Morgan fingerprint density at radius 1 is 1.42 bits per heavy atom. The molecule has 2 N–H and O–H groups in total. The van der Waals surface area contributed by atoms with E-state index in [1.165, 1.54) is 0 Å². The van der Waals surface area contributed by atoms with Crippen molar-refractivity contribution in [3.8, 4) is 5.75 Å². The standard InChI is InChI=1S/C10H13NO/c1-10(7-9(10)11)12-8-5-3-2-4-6-8/h2-6,9H,7,11H2,1H3/t9-,10-/m0/s1. The number of benzene rings is 1. The van der Waals surface area contributed by atoms with E-state index in [-0.39, 0.29) is 11.6 Å². The Kier molecular flexibility index (Phi) is 1.58. The van der Waals surface area contributed by atoms with Gasteiger partial charge in [-0.3, -0.25) is 0 Å². The van der Waals surface area contributed by atoms with Crippen LogP contribution in [0.3, 0.4) is 0 Å². The smallest absolute Gasteiger partial charge is 0.123 e. The predicted molar refractivity (Wildman–Crippen MR) is 48.1 cm³/mol. The average Bonchev–Trinajstić information content (AvgIpc) is 2.61. The number of para-hydroxylation sites is 1. The summed E-state index contributed by atoms with van der Waals surface area (Å²) in [5.41, 5.74) is 5.61. The summed E-state index contributed by atoms with van der Waals surface area (Å²) in [6.45, 7) is 2.05. The first-order valence-corrected chi connectivity index (χ1v) is 4.20. The van der Waals surface area contributed by atoms with Crippen molar-refractivity contribution in [1.82, 2.24) is 0 Å². The molecule has 1 fully saturated rings. The van der Waals surface area contributed by atoms with Crippen molar-refractivity contribution in [2.45, 2.75) is 25.0 Å². The molecule has 1 aromatic carbocycles. The highest BCUT2D eigenvalue weighted by Crippen LogP contribution is 2.38. The molecule has 0 heterocycles. The molecular weight excluding hydrogens is 150 g/mol. The summed E-state index contributed by atoms with van der Waals surface area (Å²) in [7, 11) is 0. The molecular formula is C10H13NO. The Morgan fingerprint density at radius 2 is 2.00 bits per heavy atom. The molecule has 0 bridgehead atoms. The van der Waals surface area contributed by atoms with E-state index in [4.69, 9.17) is 10.5 Å². The summed E-state index contributed by atoms with van der Waals surface area (Å²) in [6, 6.07) is 10.0. The van der Waals surface area contributed by atoms with Gasteiger partial charge in [-0.2, -0.15) is 0 Å². The van der Waals surface area contributed by atoms with Gasteiger partial charge in [0.25, 0.3) is 0 Å². The number of hydrogen-bond acceptors (Lipinski definition) is 2. The van der Waals surface area contributed by atoms with Crippen molar-refractivity contribution in [3.63, 3.8) is 0 Å². The maximum atomic E-state index is 5.72. The molecule has 64 valence electrons. The van der Waals surface area contributed by atoms with Gasteiger partial charge >= 0.3 is 0 Å². The van der Waals surface area contributed by atoms with Crippen LogP contribution in [0.25, 0.3) is 0 Å². The van der Waals surface area contributed by atoms with Gasteiger partial charge in [-0.15, -0.1) is 0 Å². The normalized spacial score (nSPS) is 33.0. The van der Waals surface area contributed by atoms with Crippen LogP contribution in [0, 0.1) is 0 Å². The predicted octanol–water partition coefficient (Wildman–Crippen LogP) is 1.56. The Hall–Kier alpha value is -1.02. The van der Waals surface area contributed by atoms with E-state index in [1.807, 2.05) is 37.3 Å². The van der Waals surface area contributed by atoms with E-state index in [1.54, 1.807) is 0 Å². The van der Waals surface area contributed by atoms with Gasteiger partial charge in [-0.05, 0) is 19.1 Å². The van der Waals surface area contributed by atoms with Gasteiger partial charge in [0.05, 0.1) is 0 Å². The maximum Gasteiger partial charge on any atom is 0.123 e. The third-order valence-electron chi connectivity index (χ3n) is 2.34. The van der Waals surface area contributed by atoms with E-state index in [0.29, 0.717) is 0 Å². The van der Waals surface area contributed by atoms with Gasteiger partial charge in [-0.25, -0.2) is 0 Å². The molecule has 0 aromatic heterocycles. The highest BCUT2D eigenvalue weighted by Gasteiger charge is 2.50. The van der Waals surface area contributed by atoms with E-state index < -0.39 is 0 Å². The molecule has 0 saturated heterocycles. The molecule has 12 heavy (non-hydrogen) atoms. The van der Waals surface area contributed by atoms with Crippen LogP contribution in [0.4, 0.5) is 0 Å². The van der Waals surface area contributed by atoms with Crippen LogP contribution in [-0.4, -0.2) is 11.6 Å². The molecule has 1 aromatic rings. The van der Waals surface area contributed by atoms with Crippen LogP contribution in [0.15, 0.2) is 30.3 Å². The number of hydrogen-bond donors (Lipinski definition) is 1. The first-order chi connectivity index (χ1) is 5.71. The van der Waals surface area contributed by atoms with E-state index in [2.05, 4.69) is 0 Å². The lowest BCUT2D eigenvalue weighted by Gasteiger charge is -2.13. The van der Waals surface area contributed by atoms with E-state index in [9.17, 15) is 0 Å². The third kappa shape index (κ3) is 1.30. The molecule has 1 aliphatic rings. The zero-order valence-corrected chi connectivity index (χ0v) is 7.16. The van der Waals surface area contributed by atoms with Gasteiger partial charge < -0.3 is 10.5 Å². The first kappa shape index (κ1) is 7.62. The zero-order valence-electron chi connectivity index (χ0n) is 7.16. The second kappa shape index (κ2) is 2.49. The fourth-order valence-corrected chi connectivity index (χ4v) is 1.25. The summed E-state index contributed by atoms with van der Waals surface area (Å²) in [6.07, 6.45) is 0.960. The Bertz CT molecular complexity index is 272. The second-order valence-electron chi connectivity index (χ2n) is 3.54. The fraction of sp³-hybridized carbons (Fsp3) is 0.400. The van der Waals surface area contributed by atoms with Crippen molar-refractivity contribution in [1.29, 1.82) is 0 Å². The summed E-state index contributed by atoms with van der Waals surface area (Å²) >= 11 is 0. The van der Waals surface area contributed by atoms with Crippen molar-refractivity contribution in [3.05, 3.63) is 30.3 Å². The maximum absolute atomic E-state index is 5.72.